The van der Waals surface area contributed by atoms with Gasteiger partial charge in [0.15, 0.2) is 18.1 Å². The normalized spacial score (nSPS) is 10.7. The van der Waals surface area contributed by atoms with E-state index in [2.05, 4.69) is 15.8 Å². The number of halogens is 1. The van der Waals surface area contributed by atoms with E-state index in [0.717, 1.165) is 11.1 Å². The van der Waals surface area contributed by atoms with E-state index in [1.165, 1.54) is 13.3 Å². The van der Waals surface area contributed by atoms with Crippen LogP contribution in [0.25, 0.3) is 0 Å². The first kappa shape index (κ1) is 23.8. The Morgan fingerprint density at radius 1 is 1.00 bits per heavy atom. The van der Waals surface area contributed by atoms with Gasteiger partial charge in [-0.3, -0.25) is 9.59 Å². The molecule has 0 unspecified atom stereocenters. The first-order valence-corrected chi connectivity index (χ1v) is 10.5. The topological polar surface area (TPSA) is 89.0 Å². The van der Waals surface area contributed by atoms with Crippen LogP contribution in [0.1, 0.15) is 27.0 Å². The Labute approximate surface area is 197 Å². The Balaban J connectivity index is 1.56. The molecule has 2 amide bonds. The van der Waals surface area contributed by atoms with Gasteiger partial charge in [0, 0.05) is 16.3 Å². The number of amides is 2. The molecular weight excluding hydrogens is 442 g/mol. The molecule has 0 fully saturated rings. The highest BCUT2D eigenvalue weighted by molar-refractivity contribution is 6.31. The van der Waals surface area contributed by atoms with E-state index in [1.807, 2.05) is 32.0 Å². The minimum absolute atomic E-state index is 0.206. The number of hydrogen-bond acceptors (Lipinski definition) is 5. The summed E-state index contributed by atoms with van der Waals surface area (Å²) in [4.78, 5) is 24.3. The molecule has 0 bridgehead atoms. The van der Waals surface area contributed by atoms with Gasteiger partial charge in [-0.05, 0) is 67.4 Å². The van der Waals surface area contributed by atoms with Crippen molar-refractivity contribution in [3.63, 3.8) is 0 Å². The second kappa shape index (κ2) is 11.2. The van der Waals surface area contributed by atoms with Gasteiger partial charge in [-0.2, -0.15) is 5.10 Å². The van der Waals surface area contributed by atoms with Crippen molar-refractivity contribution in [3.8, 4) is 11.5 Å². The van der Waals surface area contributed by atoms with Crippen LogP contribution in [0.3, 0.4) is 0 Å². The average molecular weight is 466 g/mol. The molecule has 0 aromatic heterocycles. The zero-order valence-corrected chi connectivity index (χ0v) is 19.3. The lowest BCUT2D eigenvalue weighted by molar-refractivity contribution is -0.118. The lowest BCUT2D eigenvalue weighted by Gasteiger charge is -2.12. The van der Waals surface area contributed by atoms with Crippen LogP contribution in [0, 0.1) is 13.8 Å². The Morgan fingerprint density at radius 2 is 1.76 bits per heavy atom. The van der Waals surface area contributed by atoms with E-state index < -0.39 is 0 Å². The summed E-state index contributed by atoms with van der Waals surface area (Å²) in [5.41, 5.74) is 6.27. The number of nitrogens with zero attached hydrogens (tertiary/aromatic N) is 1. The quantitative estimate of drug-likeness (QED) is 0.371. The molecule has 0 saturated heterocycles. The summed E-state index contributed by atoms with van der Waals surface area (Å²) in [5.74, 6) is 0.186. The number of aryl methyl sites for hydroxylation is 2. The third kappa shape index (κ3) is 6.82. The molecule has 0 aliphatic rings. The molecule has 33 heavy (non-hydrogen) atoms. The summed E-state index contributed by atoms with van der Waals surface area (Å²) in [5, 5.41) is 7.29. The number of carbonyl (C=O) groups excluding carboxylic acids is 2. The zero-order valence-electron chi connectivity index (χ0n) is 18.5. The average Bonchev–Trinajstić information content (AvgIpc) is 2.80. The molecule has 0 saturated carbocycles. The van der Waals surface area contributed by atoms with Crippen molar-refractivity contribution in [1.29, 1.82) is 0 Å². The molecule has 0 heterocycles. The third-order valence-electron chi connectivity index (χ3n) is 4.70. The van der Waals surface area contributed by atoms with E-state index >= 15 is 0 Å². The summed E-state index contributed by atoms with van der Waals surface area (Å²) in [6.07, 6.45) is 1.49. The van der Waals surface area contributed by atoms with Crippen molar-refractivity contribution >= 4 is 35.3 Å². The standard InChI is InChI=1S/C25H24ClN3O4/c1-16-4-8-19(9-5-16)25(31)29-27-14-18-7-11-22(23(12-18)32-3)33-15-24(30)28-20-10-6-17(2)21(26)13-20/h4-14H,15H2,1-3H3,(H,28,30)(H,29,31)/b27-14+. The van der Waals surface area contributed by atoms with Gasteiger partial charge in [-0.15, -0.1) is 0 Å². The first-order valence-electron chi connectivity index (χ1n) is 10.1. The molecule has 0 radical (unpaired) electrons. The summed E-state index contributed by atoms with van der Waals surface area (Å²) in [7, 11) is 1.50. The number of hydrazone groups is 1. The van der Waals surface area contributed by atoms with Crippen molar-refractivity contribution in [2.45, 2.75) is 13.8 Å². The summed E-state index contributed by atoms with van der Waals surface area (Å²) in [6.45, 7) is 3.63. The van der Waals surface area contributed by atoms with Gasteiger partial charge >= 0.3 is 0 Å². The molecule has 0 spiro atoms. The highest BCUT2D eigenvalue weighted by Crippen LogP contribution is 2.27. The van der Waals surface area contributed by atoms with Crippen molar-refractivity contribution in [3.05, 3.63) is 87.9 Å². The SMILES string of the molecule is COc1cc(/C=N/NC(=O)c2ccc(C)cc2)ccc1OCC(=O)Nc1ccc(C)c(Cl)c1. The van der Waals surface area contributed by atoms with Crippen LogP contribution in [0.5, 0.6) is 11.5 Å². The fourth-order valence-corrected chi connectivity index (χ4v) is 3.01. The zero-order chi connectivity index (χ0) is 23.8. The fourth-order valence-electron chi connectivity index (χ4n) is 2.83. The Morgan fingerprint density at radius 3 is 2.45 bits per heavy atom. The highest BCUT2D eigenvalue weighted by atomic mass is 35.5. The van der Waals surface area contributed by atoms with Crippen LogP contribution < -0.4 is 20.2 Å². The Hall–Kier alpha value is -3.84. The van der Waals surface area contributed by atoms with Gasteiger partial charge in [0.1, 0.15) is 0 Å². The number of hydrogen-bond donors (Lipinski definition) is 2. The minimum Gasteiger partial charge on any atom is -0.493 e. The lowest BCUT2D eigenvalue weighted by atomic mass is 10.1. The molecule has 2 N–H and O–H groups in total. The van der Waals surface area contributed by atoms with Crippen LogP contribution in [0.15, 0.2) is 65.8 Å². The molecule has 3 aromatic rings. The van der Waals surface area contributed by atoms with Crippen LogP contribution in [-0.4, -0.2) is 31.7 Å². The van der Waals surface area contributed by atoms with E-state index in [-0.39, 0.29) is 18.4 Å². The summed E-state index contributed by atoms with van der Waals surface area (Å²) in [6, 6.07) is 17.6. The highest BCUT2D eigenvalue weighted by Gasteiger charge is 2.10. The monoisotopic (exact) mass is 465 g/mol. The summed E-state index contributed by atoms with van der Waals surface area (Å²) >= 11 is 6.08. The van der Waals surface area contributed by atoms with Crippen molar-refractivity contribution in [2.75, 3.05) is 19.0 Å². The number of rotatable bonds is 8. The molecule has 0 aliphatic heterocycles. The molecule has 0 atom stereocenters. The number of carbonyl (C=O) groups is 2. The van der Waals surface area contributed by atoms with Crippen LogP contribution in [0.2, 0.25) is 5.02 Å². The predicted molar refractivity (Wildman–Crippen MR) is 130 cm³/mol. The smallest absolute Gasteiger partial charge is 0.271 e. The van der Waals surface area contributed by atoms with Gasteiger partial charge in [0.05, 0.1) is 13.3 Å². The number of nitrogens with one attached hydrogen (secondary N) is 2. The Kier molecular flexibility index (Phi) is 8.05. The first-order chi connectivity index (χ1) is 15.9. The van der Waals surface area contributed by atoms with Gasteiger partial charge in [0.2, 0.25) is 0 Å². The molecule has 3 aromatic carbocycles. The second-order valence-electron chi connectivity index (χ2n) is 7.28. The maximum absolute atomic E-state index is 12.2. The number of ether oxygens (including phenoxy) is 2. The summed E-state index contributed by atoms with van der Waals surface area (Å²) < 4.78 is 10.9. The minimum atomic E-state index is -0.332. The number of benzene rings is 3. The molecule has 3 rings (SSSR count). The van der Waals surface area contributed by atoms with Crippen molar-refractivity contribution < 1.29 is 19.1 Å². The van der Waals surface area contributed by atoms with Crippen LogP contribution in [-0.2, 0) is 4.79 Å². The van der Waals surface area contributed by atoms with E-state index in [0.29, 0.717) is 33.3 Å². The van der Waals surface area contributed by atoms with Gasteiger partial charge < -0.3 is 14.8 Å². The molecule has 0 aliphatic carbocycles. The molecule has 7 nitrogen and oxygen atoms in total. The fraction of sp³-hybridized carbons (Fsp3) is 0.160. The van der Waals surface area contributed by atoms with Gasteiger partial charge in [0.25, 0.3) is 11.8 Å². The molecular formula is C25H24ClN3O4. The van der Waals surface area contributed by atoms with E-state index in [4.69, 9.17) is 21.1 Å². The van der Waals surface area contributed by atoms with Gasteiger partial charge in [-0.1, -0.05) is 35.4 Å². The maximum atomic E-state index is 12.2. The van der Waals surface area contributed by atoms with Crippen LogP contribution in [0.4, 0.5) is 5.69 Å². The van der Waals surface area contributed by atoms with E-state index in [1.54, 1.807) is 42.5 Å². The number of anilines is 1. The van der Waals surface area contributed by atoms with Crippen LogP contribution >= 0.6 is 11.6 Å². The lowest BCUT2D eigenvalue weighted by Crippen LogP contribution is -2.20. The van der Waals surface area contributed by atoms with Gasteiger partial charge in [-0.25, -0.2) is 5.43 Å². The largest absolute Gasteiger partial charge is 0.493 e. The molecule has 8 heteroatoms. The van der Waals surface area contributed by atoms with E-state index in [9.17, 15) is 9.59 Å². The maximum Gasteiger partial charge on any atom is 0.271 e. The van der Waals surface area contributed by atoms with Crippen molar-refractivity contribution in [1.82, 2.24) is 5.43 Å². The Bertz CT molecular complexity index is 1180. The third-order valence-corrected chi connectivity index (χ3v) is 5.10. The second-order valence-corrected chi connectivity index (χ2v) is 7.68. The predicted octanol–water partition coefficient (Wildman–Crippen LogP) is 4.75. The molecule has 170 valence electrons. The van der Waals surface area contributed by atoms with Crippen molar-refractivity contribution in [2.24, 2.45) is 5.10 Å². The number of methoxy groups -OCH3 is 1.